The monoisotopic (exact) mass is 270 g/mol. The number of para-hydroxylation sites is 1. The number of benzene rings is 1. The Morgan fingerprint density at radius 2 is 1.58 bits per heavy atom. The molecular weight excluding hydrogens is 260 g/mol. The Kier molecular flexibility index (Phi) is 3.69. The molecule has 0 aliphatic rings. The van der Waals surface area contributed by atoms with Crippen LogP contribution in [0.3, 0.4) is 0 Å². The van der Waals surface area contributed by atoms with Crippen molar-refractivity contribution in [2.24, 2.45) is 0 Å². The number of nitrogens with one attached hydrogen (secondary N) is 1. The largest absolute Gasteiger partial charge is 0.350 e. The highest BCUT2D eigenvalue weighted by molar-refractivity contribution is 5.63. The molecule has 0 amide bonds. The Labute approximate surface area is 107 Å². The zero-order valence-electron chi connectivity index (χ0n) is 9.98. The lowest BCUT2D eigenvalue weighted by Crippen LogP contribution is -2.07. The molecule has 0 radical (unpaired) electrons. The Hall–Kier alpha value is -2.11. The number of hydrogen-bond donors (Lipinski definition) is 1. The molecular formula is C13H10F4N2. The van der Waals surface area contributed by atoms with Crippen molar-refractivity contribution >= 4 is 11.4 Å². The molecule has 0 atom stereocenters. The maximum atomic E-state index is 13.5. The summed E-state index contributed by atoms with van der Waals surface area (Å²) < 4.78 is 52.9. The lowest BCUT2D eigenvalue weighted by Gasteiger charge is -2.12. The molecule has 1 aromatic heterocycles. The molecule has 2 aromatic rings. The van der Waals surface area contributed by atoms with Crippen LogP contribution < -0.4 is 5.32 Å². The minimum atomic E-state index is -1.68. The van der Waals surface area contributed by atoms with Crippen molar-refractivity contribution in [2.75, 3.05) is 5.32 Å². The van der Waals surface area contributed by atoms with Crippen LogP contribution in [0.15, 0.2) is 24.3 Å². The highest BCUT2D eigenvalue weighted by Crippen LogP contribution is 2.27. The van der Waals surface area contributed by atoms with Crippen molar-refractivity contribution in [1.29, 1.82) is 0 Å². The van der Waals surface area contributed by atoms with Gasteiger partial charge in [-0.3, -0.25) is 0 Å². The molecule has 0 aliphatic heterocycles. The molecule has 0 saturated carbocycles. The molecule has 1 N–H and O–H groups in total. The van der Waals surface area contributed by atoms with Gasteiger partial charge in [0, 0.05) is 5.69 Å². The van der Waals surface area contributed by atoms with Crippen LogP contribution in [0.2, 0.25) is 0 Å². The average Bonchev–Trinajstić information content (AvgIpc) is 2.42. The third-order valence-electron chi connectivity index (χ3n) is 2.66. The van der Waals surface area contributed by atoms with Gasteiger partial charge in [-0.05, 0) is 18.1 Å². The smallest absolute Gasteiger partial charge is 0.253 e. The van der Waals surface area contributed by atoms with E-state index in [4.69, 9.17) is 0 Å². The molecule has 0 aliphatic carbocycles. The van der Waals surface area contributed by atoms with Crippen molar-refractivity contribution in [2.45, 2.75) is 13.3 Å². The quantitative estimate of drug-likeness (QED) is 0.675. The fourth-order valence-electron chi connectivity index (χ4n) is 1.68. The van der Waals surface area contributed by atoms with E-state index in [0.29, 0.717) is 12.1 Å². The van der Waals surface area contributed by atoms with Crippen LogP contribution in [0.1, 0.15) is 12.5 Å². The van der Waals surface area contributed by atoms with Crippen LogP contribution in [-0.2, 0) is 6.42 Å². The minimum Gasteiger partial charge on any atom is -0.350 e. The predicted molar refractivity (Wildman–Crippen MR) is 63.2 cm³/mol. The van der Waals surface area contributed by atoms with E-state index in [1.807, 2.05) is 6.92 Å². The van der Waals surface area contributed by atoms with Crippen molar-refractivity contribution < 1.29 is 17.6 Å². The first-order valence-corrected chi connectivity index (χ1v) is 5.59. The van der Waals surface area contributed by atoms with Crippen molar-refractivity contribution in [3.05, 3.63) is 53.4 Å². The third-order valence-corrected chi connectivity index (χ3v) is 2.66. The fourth-order valence-corrected chi connectivity index (χ4v) is 1.68. The molecule has 0 unspecified atom stereocenters. The molecule has 0 saturated heterocycles. The summed E-state index contributed by atoms with van der Waals surface area (Å²) in [5, 5.41) is 2.37. The predicted octanol–water partition coefficient (Wildman–Crippen LogP) is 3.94. The number of hydrogen-bond acceptors (Lipinski definition) is 2. The number of aromatic nitrogens is 1. The van der Waals surface area contributed by atoms with Gasteiger partial charge in [-0.2, -0.15) is 22.5 Å². The summed E-state index contributed by atoms with van der Waals surface area (Å²) in [5.41, 5.74) is 0.262. The molecule has 1 heterocycles. The third kappa shape index (κ3) is 2.52. The summed E-state index contributed by atoms with van der Waals surface area (Å²) in [7, 11) is 0. The van der Waals surface area contributed by atoms with Gasteiger partial charge < -0.3 is 5.32 Å². The first kappa shape index (κ1) is 13.3. The maximum absolute atomic E-state index is 13.5. The fraction of sp³-hybridized carbons (Fsp3) is 0.154. The van der Waals surface area contributed by atoms with Gasteiger partial charge >= 0.3 is 0 Å². The summed E-state index contributed by atoms with van der Waals surface area (Å²) in [5.74, 6) is -6.47. The van der Waals surface area contributed by atoms with Gasteiger partial charge in [0.2, 0.25) is 11.6 Å². The second kappa shape index (κ2) is 5.26. The molecule has 1 aromatic carbocycles. The van der Waals surface area contributed by atoms with Crippen LogP contribution in [0, 0.1) is 23.5 Å². The second-order valence-electron chi connectivity index (χ2n) is 3.83. The van der Waals surface area contributed by atoms with E-state index in [2.05, 4.69) is 10.3 Å². The number of aryl methyl sites for hydroxylation is 1. The molecule has 2 rings (SSSR count). The van der Waals surface area contributed by atoms with E-state index in [1.54, 1.807) is 24.3 Å². The maximum Gasteiger partial charge on any atom is 0.253 e. The zero-order chi connectivity index (χ0) is 14.0. The molecule has 19 heavy (non-hydrogen) atoms. The lowest BCUT2D eigenvalue weighted by atomic mass is 10.1. The second-order valence-corrected chi connectivity index (χ2v) is 3.83. The number of halogens is 4. The van der Waals surface area contributed by atoms with E-state index in [0.717, 1.165) is 5.56 Å². The summed E-state index contributed by atoms with van der Waals surface area (Å²) in [6.07, 6.45) is 0.600. The van der Waals surface area contributed by atoms with E-state index in [1.165, 1.54) is 0 Å². The summed E-state index contributed by atoms with van der Waals surface area (Å²) in [4.78, 5) is 2.49. The normalized spacial score (nSPS) is 10.6. The van der Waals surface area contributed by atoms with E-state index < -0.39 is 29.2 Å². The van der Waals surface area contributed by atoms with Crippen molar-refractivity contribution in [3.63, 3.8) is 0 Å². The van der Waals surface area contributed by atoms with Gasteiger partial charge in [-0.25, -0.2) is 0 Å². The van der Waals surface area contributed by atoms with E-state index in [-0.39, 0.29) is 0 Å². The Bertz CT molecular complexity index is 588. The SMILES string of the molecule is CCc1ccccc1Nc1c(F)c(F)nc(F)c1F. The molecule has 6 heteroatoms. The molecule has 0 fully saturated rings. The number of pyridine rings is 1. The number of rotatable bonds is 3. The lowest BCUT2D eigenvalue weighted by molar-refractivity contribution is 0.411. The van der Waals surface area contributed by atoms with Crippen LogP contribution in [-0.4, -0.2) is 4.98 Å². The zero-order valence-corrected chi connectivity index (χ0v) is 9.98. The summed E-state index contributed by atoms with van der Waals surface area (Å²) in [6.45, 7) is 1.85. The van der Waals surface area contributed by atoms with Crippen molar-refractivity contribution in [3.8, 4) is 0 Å². The highest BCUT2D eigenvalue weighted by atomic mass is 19.2. The van der Waals surface area contributed by atoms with E-state index in [9.17, 15) is 17.6 Å². The highest BCUT2D eigenvalue weighted by Gasteiger charge is 2.21. The first-order valence-electron chi connectivity index (χ1n) is 5.59. The molecule has 0 spiro atoms. The summed E-state index contributed by atoms with van der Waals surface area (Å²) >= 11 is 0. The minimum absolute atomic E-state index is 0.382. The van der Waals surface area contributed by atoms with E-state index >= 15 is 0 Å². The van der Waals surface area contributed by atoms with Gasteiger partial charge in [0.25, 0.3) is 11.9 Å². The van der Waals surface area contributed by atoms with Crippen LogP contribution in [0.5, 0.6) is 0 Å². The van der Waals surface area contributed by atoms with Crippen LogP contribution in [0.4, 0.5) is 28.9 Å². The van der Waals surface area contributed by atoms with Crippen LogP contribution >= 0.6 is 0 Å². The van der Waals surface area contributed by atoms with Crippen LogP contribution in [0.25, 0.3) is 0 Å². The first-order chi connectivity index (χ1) is 9.04. The molecule has 100 valence electrons. The molecule has 0 bridgehead atoms. The standard InChI is InChI=1S/C13H10F4N2/c1-2-7-5-3-4-6-8(7)18-11-9(14)12(16)19-13(17)10(11)15/h3-6H,2H2,1H3,(H,18,19). The van der Waals surface area contributed by atoms with Crippen molar-refractivity contribution in [1.82, 2.24) is 4.98 Å². The Morgan fingerprint density at radius 1 is 1.00 bits per heavy atom. The van der Waals surface area contributed by atoms with Gasteiger partial charge in [-0.15, -0.1) is 0 Å². The van der Waals surface area contributed by atoms with Gasteiger partial charge in [0.05, 0.1) is 0 Å². The Balaban J connectivity index is 2.49. The number of anilines is 2. The summed E-state index contributed by atoms with van der Waals surface area (Å²) in [6, 6.07) is 6.70. The number of nitrogens with zero attached hydrogens (tertiary/aromatic N) is 1. The Morgan fingerprint density at radius 3 is 2.16 bits per heavy atom. The van der Waals surface area contributed by atoms with Gasteiger partial charge in [0.1, 0.15) is 5.69 Å². The van der Waals surface area contributed by atoms with Gasteiger partial charge in [0.15, 0.2) is 0 Å². The van der Waals surface area contributed by atoms with Gasteiger partial charge in [-0.1, -0.05) is 25.1 Å². The molecule has 2 nitrogen and oxygen atoms in total. The topological polar surface area (TPSA) is 24.9 Å². The average molecular weight is 270 g/mol.